The van der Waals surface area contributed by atoms with Crippen LogP contribution in [0, 0.1) is 30.9 Å². The van der Waals surface area contributed by atoms with Crippen molar-refractivity contribution < 1.29 is 18.1 Å². The monoisotopic (exact) mass is 496 g/mol. The minimum Gasteiger partial charge on any atom is -0.371 e. The number of para-hydroxylation sites is 1. The molecule has 10 heteroatoms. The number of carbonyl (C=O) groups excluding carboxylic acids is 1. The van der Waals surface area contributed by atoms with E-state index in [-0.39, 0.29) is 29.6 Å². The van der Waals surface area contributed by atoms with Gasteiger partial charge in [-0.2, -0.15) is 0 Å². The topological polar surface area (TPSA) is 122 Å². The van der Waals surface area contributed by atoms with Crippen molar-refractivity contribution in [2.45, 2.75) is 32.6 Å². The molecular weight excluding hydrogens is 468 g/mol. The molecule has 0 radical (unpaired) electrons. The first-order valence-electron chi connectivity index (χ1n) is 11.0. The van der Waals surface area contributed by atoms with E-state index in [1.165, 1.54) is 16.4 Å². The summed E-state index contributed by atoms with van der Waals surface area (Å²) < 4.78 is 27.6. The Morgan fingerprint density at radius 2 is 1.63 bits per heavy atom. The van der Waals surface area contributed by atoms with Gasteiger partial charge in [-0.25, -0.2) is 8.42 Å². The van der Waals surface area contributed by atoms with E-state index in [4.69, 9.17) is 0 Å². The molecule has 0 atom stereocenters. The lowest BCUT2D eigenvalue weighted by molar-refractivity contribution is -0.384. The number of anilines is 3. The van der Waals surface area contributed by atoms with E-state index in [1.54, 1.807) is 37.3 Å². The molecule has 35 heavy (non-hydrogen) atoms. The molecule has 184 valence electrons. The number of nitrogens with one attached hydrogen (secondary N) is 2. The number of carbonyl (C=O) groups is 1. The van der Waals surface area contributed by atoms with Gasteiger partial charge in [0.2, 0.25) is 5.91 Å². The van der Waals surface area contributed by atoms with Gasteiger partial charge >= 0.3 is 0 Å². The summed E-state index contributed by atoms with van der Waals surface area (Å²) in [6, 6.07) is 16.0. The Morgan fingerprint density at radius 3 is 2.20 bits per heavy atom. The molecule has 0 saturated carbocycles. The number of nitro benzene ring substituents is 1. The van der Waals surface area contributed by atoms with Crippen molar-refractivity contribution in [1.82, 2.24) is 0 Å². The highest BCUT2D eigenvalue weighted by atomic mass is 32.2. The van der Waals surface area contributed by atoms with Gasteiger partial charge in [0.15, 0.2) is 0 Å². The second-order valence-corrected chi connectivity index (χ2v) is 9.98. The fourth-order valence-electron chi connectivity index (χ4n) is 3.92. The van der Waals surface area contributed by atoms with Gasteiger partial charge in [-0.1, -0.05) is 35.9 Å². The maximum Gasteiger partial charge on any atom is 0.293 e. The Morgan fingerprint density at radius 1 is 1.00 bits per heavy atom. The highest BCUT2D eigenvalue weighted by Crippen LogP contribution is 2.31. The Labute approximate surface area is 205 Å². The van der Waals surface area contributed by atoms with Crippen LogP contribution in [0.25, 0.3) is 0 Å². The van der Waals surface area contributed by atoms with Crippen molar-refractivity contribution in [2.75, 3.05) is 28.0 Å². The van der Waals surface area contributed by atoms with Gasteiger partial charge in [-0.15, -0.1) is 0 Å². The van der Waals surface area contributed by atoms with E-state index in [2.05, 4.69) is 10.6 Å². The smallest absolute Gasteiger partial charge is 0.293 e. The highest BCUT2D eigenvalue weighted by molar-refractivity contribution is 7.92. The van der Waals surface area contributed by atoms with Crippen molar-refractivity contribution >= 4 is 38.7 Å². The van der Waals surface area contributed by atoms with Crippen LogP contribution >= 0.6 is 0 Å². The molecular formula is C25H28N4O5S. The van der Waals surface area contributed by atoms with Crippen LogP contribution in [-0.4, -0.2) is 32.3 Å². The Hall–Kier alpha value is -3.92. The van der Waals surface area contributed by atoms with Gasteiger partial charge in [0.05, 0.1) is 22.1 Å². The summed E-state index contributed by atoms with van der Waals surface area (Å²) in [5.41, 5.74) is 3.66. The maximum atomic E-state index is 13.2. The molecule has 1 amide bonds. The van der Waals surface area contributed by atoms with Crippen LogP contribution < -0.4 is 14.9 Å². The molecule has 3 rings (SSSR count). The number of benzene rings is 3. The molecule has 0 saturated heterocycles. The van der Waals surface area contributed by atoms with Crippen LogP contribution in [0.3, 0.4) is 0 Å². The molecule has 0 spiro atoms. The molecule has 2 N–H and O–H groups in total. The number of sulfonamides is 1. The Bertz CT molecular complexity index is 1330. The van der Waals surface area contributed by atoms with Crippen molar-refractivity contribution in [3.63, 3.8) is 0 Å². The van der Waals surface area contributed by atoms with Crippen molar-refractivity contribution in [2.24, 2.45) is 0 Å². The first-order chi connectivity index (χ1) is 16.5. The molecule has 0 aromatic heterocycles. The zero-order chi connectivity index (χ0) is 25.8. The molecule has 3 aromatic rings. The summed E-state index contributed by atoms with van der Waals surface area (Å²) in [6.07, 6.45) is 0. The first-order valence-corrected chi connectivity index (χ1v) is 12.5. The van der Waals surface area contributed by atoms with Crippen molar-refractivity contribution in [3.8, 4) is 0 Å². The van der Waals surface area contributed by atoms with Crippen LogP contribution in [0.15, 0.2) is 65.6 Å². The molecule has 0 bridgehead atoms. The summed E-state index contributed by atoms with van der Waals surface area (Å²) in [5.74, 6) is -0.382. The van der Waals surface area contributed by atoms with Crippen molar-refractivity contribution in [3.05, 3.63) is 87.5 Å². The van der Waals surface area contributed by atoms with Crippen LogP contribution in [0.4, 0.5) is 22.7 Å². The van der Waals surface area contributed by atoms with Gasteiger partial charge in [0, 0.05) is 18.3 Å². The zero-order valence-corrected chi connectivity index (χ0v) is 20.8. The van der Waals surface area contributed by atoms with Crippen LogP contribution in [-0.2, 0) is 14.8 Å². The van der Waals surface area contributed by atoms with E-state index in [0.29, 0.717) is 11.4 Å². The molecule has 9 nitrogen and oxygen atoms in total. The maximum absolute atomic E-state index is 13.2. The molecule has 0 heterocycles. The standard InChI is InChI=1S/C25H28N4O5S/c1-5-28(20-9-7-6-8-10-20)35(33,34)21-11-12-22(23(15-21)29(31)32)26-16-24(30)27-25-18(3)13-17(2)14-19(25)4/h6-15,26H,5,16H2,1-4H3,(H,27,30). The summed E-state index contributed by atoms with van der Waals surface area (Å²) >= 11 is 0. The minimum absolute atomic E-state index is 0.0456. The fraction of sp³-hybridized carbons (Fsp3) is 0.240. The van der Waals surface area contributed by atoms with E-state index in [0.717, 1.165) is 22.8 Å². The zero-order valence-electron chi connectivity index (χ0n) is 20.0. The predicted molar refractivity (Wildman–Crippen MR) is 138 cm³/mol. The number of nitrogens with zero attached hydrogens (tertiary/aromatic N) is 2. The normalized spacial score (nSPS) is 11.1. The molecule has 0 aliphatic carbocycles. The van der Waals surface area contributed by atoms with Gasteiger partial charge in [-0.05, 0) is 63.1 Å². The predicted octanol–water partition coefficient (Wildman–Crippen LogP) is 4.79. The average molecular weight is 497 g/mol. The van der Waals surface area contributed by atoms with Gasteiger partial charge < -0.3 is 10.6 Å². The van der Waals surface area contributed by atoms with E-state index in [1.807, 2.05) is 32.9 Å². The van der Waals surface area contributed by atoms with Crippen molar-refractivity contribution in [1.29, 1.82) is 0 Å². The SMILES string of the molecule is CCN(c1ccccc1)S(=O)(=O)c1ccc(NCC(=O)Nc2c(C)cc(C)cc2C)c([N+](=O)[O-])c1. The Kier molecular flexibility index (Phi) is 7.75. The molecule has 0 aliphatic rings. The Balaban J connectivity index is 1.82. The highest BCUT2D eigenvalue weighted by Gasteiger charge is 2.27. The lowest BCUT2D eigenvalue weighted by Gasteiger charge is -2.23. The fourth-order valence-corrected chi connectivity index (χ4v) is 5.42. The summed E-state index contributed by atoms with van der Waals surface area (Å²) in [6.45, 7) is 7.35. The number of rotatable bonds is 9. The quantitative estimate of drug-likeness (QED) is 0.325. The van der Waals surface area contributed by atoms with Crippen LogP contribution in [0.2, 0.25) is 0 Å². The van der Waals surface area contributed by atoms with Crippen LogP contribution in [0.1, 0.15) is 23.6 Å². The molecule has 0 unspecified atom stereocenters. The number of hydrogen-bond acceptors (Lipinski definition) is 6. The summed E-state index contributed by atoms with van der Waals surface area (Å²) in [5, 5.41) is 17.3. The lowest BCUT2D eigenvalue weighted by Crippen LogP contribution is -2.30. The van der Waals surface area contributed by atoms with Gasteiger partial charge in [0.25, 0.3) is 15.7 Å². The molecule has 0 aliphatic heterocycles. The summed E-state index contributed by atoms with van der Waals surface area (Å²) in [4.78, 5) is 23.4. The van der Waals surface area contributed by atoms with Crippen LogP contribution in [0.5, 0.6) is 0 Å². The molecule has 3 aromatic carbocycles. The number of nitro groups is 1. The number of aryl methyl sites for hydroxylation is 3. The first kappa shape index (κ1) is 25.7. The minimum atomic E-state index is -4.04. The molecule has 0 fully saturated rings. The number of hydrogen-bond donors (Lipinski definition) is 2. The second-order valence-electron chi connectivity index (χ2n) is 8.12. The average Bonchev–Trinajstić information content (AvgIpc) is 2.80. The lowest BCUT2D eigenvalue weighted by atomic mass is 10.1. The third-order valence-corrected chi connectivity index (χ3v) is 7.37. The van der Waals surface area contributed by atoms with E-state index >= 15 is 0 Å². The van der Waals surface area contributed by atoms with Gasteiger partial charge in [-0.3, -0.25) is 19.2 Å². The second kappa shape index (κ2) is 10.6. The largest absolute Gasteiger partial charge is 0.371 e. The third kappa shape index (κ3) is 5.78. The van der Waals surface area contributed by atoms with E-state index < -0.39 is 20.6 Å². The van der Waals surface area contributed by atoms with E-state index in [9.17, 15) is 23.3 Å². The third-order valence-electron chi connectivity index (χ3n) is 5.47. The van der Waals surface area contributed by atoms with Gasteiger partial charge in [0.1, 0.15) is 5.69 Å². The number of amides is 1. The summed E-state index contributed by atoms with van der Waals surface area (Å²) in [7, 11) is -4.04.